The number of aromatic nitrogens is 2. The smallest absolute Gasteiger partial charge is 0.276 e. The zero-order valence-corrected chi connectivity index (χ0v) is 11.6. The lowest BCUT2D eigenvalue weighted by Crippen LogP contribution is -2.12. The number of nitrogens with zero attached hydrogens (tertiary/aromatic N) is 1. The summed E-state index contributed by atoms with van der Waals surface area (Å²) in [6, 6.07) is 9.38. The average Bonchev–Trinajstić information content (AvgIpc) is 3.06. The summed E-state index contributed by atoms with van der Waals surface area (Å²) in [6.07, 6.45) is 2.36. The molecular weight excluding hydrogens is 266 g/mol. The summed E-state index contributed by atoms with van der Waals surface area (Å²) < 4.78 is 5.52. The second-order valence-corrected chi connectivity index (χ2v) is 5.55. The number of aromatic amines is 1. The standard InChI is InChI=1S/C16H15N3O2/c1-9-6-11-7-12(4-5-15(11)21-9)17-16(20)14-8-13(18-19-14)10-2-3-10/h4-8,10H,2-3H2,1H3,(H,17,20)(H,18,19). The Morgan fingerprint density at radius 1 is 1.33 bits per heavy atom. The van der Waals surface area contributed by atoms with Crippen LogP contribution in [0.1, 0.15) is 40.7 Å². The SMILES string of the molecule is Cc1cc2cc(NC(=O)c3cc(C4CC4)[nH]n3)ccc2o1. The Labute approximate surface area is 121 Å². The van der Waals surface area contributed by atoms with Crippen molar-refractivity contribution in [1.29, 1.82) is 0 Å². The number of anilines is 1. The summed E-state index contributed by atoms with van der Waals surface area (Å²) in [5, 5.41) is 10.9. The summed E-state index contributed by atoms with van der Waals surface area (Å²) in [5.41, 5.74) is 3.05. The first kappa shape index (κ1) is 12.2. The molecule has 0 aliphatic heterocycles. The van der Waals surface area contributed by atoms with Crippen molar-refractivity contribution in [3.63, 3.8) is 0 Å². The fourth-order valence-corrected chi connectivity index (χ4v) is 2.51. The molecule has 0 radical (unpaired) electrons. The Morgan fingerprint density at radius 3 is 3.00 bits per heavy atom. The number of hydrogen-bond acceptors (Lipinski definition) is 3. The lowest BCUT2D eigenvalue weighted by molar-refractivity contribution is 0.102. The Bertz CT molecular complexity index is 827. The predicted molar refractivity (Wildman–Crippen MR) is 79.5 cm³/mol. The van der Waals surface area contributed by atoms with Crippen LogP contribution >= 0.6 is 0 Å². The van der Waals surface area contributed by atoms with Crippen molar-refractivity contribution in [2.45, 2.75) is 25.7 Å². The van der Waals surface area contributed by atoms with Crippen molar-refractivity contribution in [2.24, 2.45) is 0 Å². The number of furan rings is 1. The Balaban J connectivity index is 1.55. The highest BCUT2D eigenvalue weighted by Gasteiger charge is 2.26. The first-order valence-corrected chi connectivity index (χ1v) is 7.06. The van der Waals surface area contributed by atoms with Gasteiger partial charge < -0.3 is 9.73 Å². The summed E-state index contributed by atoms with van der Waals surface area (Å²) in [6.45, 7) is 1.90. The van der Waals surface area contributed by atoms with E-state index in [-0.39, 0.29) is 5.91 Å². The van der Waals surface area contributed by atoms with E-state index < -0.39 is 0 Å². The van der Waals surface area contributed by atoms with Crippen molar-refractivity contribution in [1.82, 2.24) is 10.2 Å². The summed E-state index contributed by atoms with van der Waals surface area (Å²) in [5.74, 6) is 1.22. The van der Waals surface area contributed by atoms with E-state index in [2.05, 4.69) is 15.5 Å². The maximum absolute atomic E-state index is 12.2. The second kappa shape index (κ2) is 4.48. The lowest BCUT2D eigenvalue weighted by atomic mass is 10.2. The molecule has 0 unspecified atom stereocenters. The van der Waals surface area contributed by atoms with Gasteiger partial charge in [0.1, 0.15) is 11.3 Å². The number of hydrogen-bond donors (Lipinski definition) is 2. The highest BCUT2D eigenvalue weighted by molar-refractivity contribution is 6.03. The van der Waals surface area contributed by atoms with Gasteiger partial charge in [-0.2, -0.15) is 5.10 Å². The third kappa shape index (κ3) is 2.31. The van der Waals surface area contributed by atoms with Crippen LogP contribution in [0.25, 0.3) is 11.0 Å². The van der Waals surface area contributed by atoms with Crippen LogP contribution in [0, 0.1) is 6.92 Å². The molecule has 4 rings (SSSR count). The molecule has 2 N–H and O–H groups in total. The number of carbonyl (C=O) groups is 1. The van der Waals surface area contributed by atoms with Gasteiger partial charge in [-0.05, 0) is 50.1 Å². The van der Waals surface area contributed by atoms with E-state index in [0.29, 0.717) is 11.6 Å². The van der Waals surface area contributed by atoms with Crippen LogP contribution in [0.3, 0.4) is 0 Å². The van der Waals surface area contributed by atoms with Gasteiger partial charge in [-0.15, -0.1) is 0 Å². The van der Waals surface area contributed by atoms with Crippen LogP contribution in [0.5, 0.6) is 0 Å². The Hall–Kier alpha value is -2.56. The van der Waals surface area contributed by atoms with Gasteiger partial charge in [0.15, 0.2) is 5.69 Å². The number of H-pyrrole nitrogens is 1. The van der Waals surface area contributed by atoms with Crippen LogP contribution in [-0.4, -0.2) is 16.1 Å². The molecule has 2 aromatic heterocycles. The van der Waals surface area contributed by atoms with Crippen LogP contribution in [0.4, 0.5) is 5.69 Å². The van der Waals surface area contributed by atoms with Crippen LogP contribution in [0.15, 0.2) is 34.7 Å². The molecule has 1 aliphatic rings. The molecule has 1 amide bonds. The molecule has 1 saturated carbocycles. The molecule has 1 aromatic carbocycles. The van der Waals surface area contributed by atoms with Gasteiger partial charge in [0, 0.05) is 22.7 Å². The number of carbonyl (C=O) groups excluding carboxylic acids is 1. The minimum atomic E-state index is -0.197. The van der Waals surface area contributed by atoms with Crippen molar-refractivity contribution in [2.75, 3.05) is 5.32 Å². The van der Waals surface area contributed by atoms with Gasteiger partial charge in [0.2, 0.25) is 0 Å². The van der Waals surface area contributed by atoms with E-state index in [1.165, 1.54) is 12.8 Å². The highest BCUT2D eigenvalue weighted by atomic mass is 16.3. The van der Waals surface area contributed by atoms with Crippen molar-refractivity contribution >= 4 is 22.6 Å². The van der Waals surface area contributed by atoms with Crippen LogP contribution < -0.4 is 5.32 Å². The molecule has 1 fully saturated rings. The third-order valence-corrected chi connectivity index (χ3v) is 3.74. The second-order valence-electron chi connectivity index (χ2n) is 5.55. The monoisotopic (exact) mass is 281 g/mol. The first-order chi connectivity index (χ1) is 10.2. The molecule has 0 spiro atoms. The fourth-order valence-electron chi connectivity index (χ4n) is 2.51. The molecule has 21 heavy (non-hydrogen) atoms. The molecule has 5 heteroatoms. The molecule has 3 aromatic rings. The molecule has 5 nitrogen and oxygen atoms in total. The maximum atomic E-state index is 12.2. The Kier molecular flexibility index (Phi) is 2.60. The van der Waals surface area contributed by atoms with Crippen molar-refractivity contribution < 1.29 is 9.21 Å². The van der Waals surface area contributed by atoms with Crippen molar-refractivity contribution in [3.05, 3.63) is 47.5 Å². The lowest BCUT2D eigenvalue weighted by Gasteiger charge is -2.02. The molecule has 106 valence electrons. The van der Waals surface area contributed by atoms with E-state index in [4.69, 9.17) is 4.42 Å². The zero-order chi connectivity index (χ0) is 14.4. The predicted octanol–water partition coefficient (Wildman–Crippen LogP) is 3.59. The number of benzene rings is 1. The number of amides is 1. The molecule has 0 atom stereocenters. The molecule has 2 heterocycles. The summed E-state index contributed by atoms with van der Waals surface area (Å²) in [7, 11) is 0. The number of rotatable bonds is 3. The summed E-state index contributed by atoms with van der Waals surface area (Å²) in [4.78, 5) is 12.2. The number of fused-ring (bicyclic) bond motifs is 1. The van der Waals surface area contributed by atoms with E-state index in [0.717, 1.165) is 28.1 Å². The van der Waals surface area contributed by atoms with Crippen molar-refractivity contribution in [3.8, 4) is 0 Å². The van der Waals surface area contributed by atoms with Gasteiger partial charge in [-0.1, -0.05) is 0 Å². The zero-order valence-electron chi connectivity index (χ0n) is 11.6. The van der Waals surface area contributed by atoms with E-state index in [9.17, 15) is 4.79 Å². The van der Waals surface area contributed by atoms with E-state index in [1.54, 1.807) is 0 Å². The van der Waals surface area contributed by atoms with Gasteiger partial charge >= 0.3 is 0 Å². The molecule has 0 bridgehead atoms. The van der Waals surface area contributed by atoms with Gasteiger partial charge in [0.05, 0.1) is 0 Å². The fraction of sp³-hybridized carbons (Fsp3) is 0.250. The normalized spacial score (nSPS) is 14.5. The first-order valence-electron chi connectivity index (χ1n) is 7.06. The minimum Gasteiger partial charge on any atom is -0.461 e. The molecule has 1 aliphatic carbocycles. The van der Waals surface area contributed by atoms with Crippen LogP contribution in [-0.2, 0) is 0 Å². The molecular formula is C16H15N3O2. The quantitative estimate of drug-likeness (QED) is 0.770. The Morgan fingerprint density at radius 2 is 2.19 bits per heavy atom. The van der Waals surface area contributed by atoms with Gasteiger partial charge in [-0.3, -0.25) is 9.89 Å². The minimum absolute atomic E-state index is 0.197. The van der Waals surface area contributed by atoms with E-state index in [1.807, 2.05) is 37.3 Å². The molecule has 0 saturated heterocycles. The highest BCUT2D eigenvalue weighted by Crippen LogP contribution is 2.39. The third-order valence-electron chi connectivity index (χ3n) is 3.74. The number of aryl methyl sites for hydroxylation is 1. The van der Waals surface area contributed by atoms with E-state index >= 15 is 0 Å². The van der Waals surface area contributed by atoms with Gasteiger partial charge in [0.25, 0.3) is 5.91 Å². The maximum Gasteiger partial charge on any atom is 0.276 e. The summed E-state index contributed by atoms with van der Waals surface area (Å²) >= 11 is 0. The largest absolute Gasteiger partial charge is 0.461 e. The average molecular weight is 281 g/mol. The van der Waals surface area contributed by atoms with Gasteiger partial charge in [-0.25, -0.2) is 0 Å². The topological polar surface area (TPSA) is 70.9 Å². The van der Waals surface area contributed by atoms with Crippen LogP contribution in [0.2, 0.25) is 0 Å². The number of nitrogens with one attached hydrogen (secondary N) is 2.